The molecule has 0 aliphatic heterocycles. The minimum atomic E-state index is 0.172. The van der Waals surface area contributed by atoms with Gasteiger partial charge < -0.3 is 5.32 Å². The van der Waals surface area contributed by atoms with Crippen LogP contribution in [0.2, 0.25) is 0 Å². The van der Waals surface area contributed by atoms with Gasteiger partial charge in [-0.1, -0.05) is 36.6 Å². The first kappa shape index (κ1) is 12.2. The Hall–Kier alpha value is -1.31. The fourth-order valence-corrected chi connectivity index (χ4v) is 2.51. The summed E-state index contributed by atoms with van der Waals surface area (Å²) in [6, 6.07) is 6.72. The van der Waals surface area contributed by atoms with Crippen LogP contribution in [0.5, 0.6) is 0 Å². The standard InChI is InChI=1S/C15H21NO/c1-11-7-8-12(2)13(9-11)10-15(17)16-14-5-3-4-6-14/h7-9,14H,3-6,10H2,1-2H3,(H,16,17). The van der Waals surface area contributed by atoms with Gasteiger partial charge in [-0.25, -0.2) is 0 Å². The smallest absolute Gasteiger partial charge is 0.224 e. The molecule has 1 aliphatic rings. The van der Waals surface area contributed by atoms with Crippen molar-refractivity contribution in [3.05, 3.63) is 34.9 Å². The van der Waals surface area contributed by atoms with Crippen LogP contribution in [0.3, 0.4) is 0 Å². The summed E-state index contributed by atoms with van der Waals surface area (Å²) >= 11 is 0. The van der Waals surface area contributed by atoms with Crippen molar-refractivity contribution in [1.82, 2.24) is 5.32 Å². The first-order valence-corrected chi connectivity index (χ1v) is 6.50. The largest absolute Gasteiger partial charge is 0.353 e. The van der Waals surface area contributed by atoms with Gasteiger partial charge in [-0.15, -0.1) is 0 Å². The average molecular weight is 231 g/mol. The lowest BCUT2D eigenvalue weighted by Crippen LogP contribution is -2.33. The van der Waals surface area contributed by atoms with E-state index in [0.29, 0.717) is 12.5 Å². The molecule has 1 aromatic rings. The Balaban J connectivity index is 1.95. The van der Waals surface area contributed by atoms with Crippen LogP contribution in [0, 0.1) is 13.8 Å². The maximum atomic E-state index is 11.9. The van der Waals surface area contributed by atoms with Crippen LogP contribution in [0.15, 0.2) is 18.2 Å². The average Bonchev–Trinajstić information content (AvgIpc) is 2.76. The van der Waals surface area contributed by atoms with Gasteiger partial charge in [-0.3, -0.25) is 4.79 Å². The normalized spacial score (nSPS) is 16.1. The Morgan fingerprint density at radius 1 is 1.29 bits per heavy atom. The molecule has 1 fully saturated rings. The van der Waals surface area contributed by atoms with Gasteiger partial charge in [0.1, 0.15) is 0 Å². The number of amides is 1. The maximum Gasteiger partial charge on any atom is 0.224 e. The Labute approximate surface area is 103 Å². The van der Waals surface area contributed by atoms with E-state index in [2.05, 4.69) is 37.4 Å². The summed E-state index contributed by atoms with van der Waals surface area (Å²) in [5, 5.41) is 3.14. The molecule has 0 aromatic heterocycles. The molecule has 0 spiro atoms. The lowest BCUT2D eigenvalue weighted by Gasteiger charge is -2.13. The first-order chi connectivity index (χ1) is 8.15. The van der Waals surface area contributed by atoms with E-state index >= 15 is 0 Å². The van der Waals surface area contributed by atoms with Crippen molar-refractivity contribution in [2.45, 2.75) is 52.0 Å². The van der Waals surface area contributed by atoms with Crippen molar-refractivity contribution in [3.8, 4) is 0 Å². The molecular formula is C15H21NO. The van der Waals surface area contributed by atoms with Gasteiger partial charge in [-0.05, 0) is 37.8 Å². The van der Waals surface area contributed by atoms with Crippen molar-refractivity contribution in [3.63, 3.8) is 0 Å². The topological polar surface area (TPSA) is 29.1 Å². The molecule has 92 valence electrons. The predicted octanol–water partition coefficient (Wildman–Crippen LogP) is 2.90. The van der Waals surface area contributed by atoms with Crippen LogP contribution in [-0.4, -0.2) is 11.9 Å². The number of hydrogen-bond donors (Lipinski definition) is 1. The highest BCUT2D eigenvalue weighted by Gasteiger charge is 2.17. The molecule has 0 atom stereocenters. The number of aryl methyl sites for hydroxylation is 2. The summed E-state index contributed by atoms with van der Waals surface area (Å²) in [6.07, 6.45) is 5.34. The number of nitrogens with one attached hydrogen (secondary N) is 1. The van der Waals surface area contributed by atoms with E-state index in [-0.39, 0.29) is 5.91 Å². The van der Waals surface area contributed by atoms with E-state index in [9.17, 15) is 4.79 Å². The molecule has 2 nitrogen and oxygen atoms in total. The monoisotopic (exact) mass is 231 g/mol. The van der Waals surface area contributed by atoms with Crippen LogP contribution in [0.25, 0.3) is 0 Å². The van der Waals surface area contributed by atoms with Gasteiger partial charge in [0.05, 0.1) is 6.42 Å². The zero-order chi connectivity index (χ0) is 12.3. The number of rotatable bonds is 3. The van der Waals surface area contributed by atoms with Crippen LogP contribution in [0.1, 0.15) is 42.4 Å². The highest BCUT2D eigenvalue weighted by atomic mass is 16.1. The van der Waals surface area contributed by atoms with Gasteiger partial charge in [-0.2, -0.15) is 0 Å². The summed E-state index contributed by atoms with van der Waals surface area (Å²) in [6.45, 7) is 4.13. The zero-order valence-corrected chi connectivity index (χ0v) is 10.8. The van der Waals surface area contributed by atoms with Crippen LogP contribution < -0.4 is 5.32 Å². The van der Waals surface area contributed by atoms with Gasteiger partial charge in [0.2, 0.25) is 5.91 Å². The van der Waals surface area contributed by atoms with Crippen molar-refractivity contribution in [2.75, 3.05) is 0 Å². The van der Waals surface area contributed by atoms with Gasteiger partial charge in [0.15, 0.2) is 0 Å². The quantitative estimate of drug-likeness (QED) is 0.851. The second-order valence-corrected chi connectivity index (χ2v) is 5.16. The molecule has 0 saturated heterocycles. The Kier molecular flexibility index (Phi) is 3.82. The summed E-state index contributed by atoms with van der Waals surface area (Å²) in [5.74, 6) is 0.172. The molecular weight excluding hydrogens is 210 g/mol. The van der Waals surface area contributed by atoms with Crippen LogP contribution in [0.4, 0.5) is 0 Å². The van der Waals surface area contributed by atoms with E-state index in [4.69, 9.17) is 0 Å². The maximum absolute atomic E-state index is 11.9. The van der Waals surface area contributed by atoms with Crippen molar-refractivity contribution in [1.29, 1.82) is 0 Å². The van der Waals surface area contributed by atoms with Crippen LogP contribution >= 0.6 is 0 Å². The first-order valence-electron chi connectivity index (χ1n) is 6.50. The highest BCUT2D eigenvalue weighted by molar-refractivity contribution is 5.79. The number of carbonyl (C=O) groups excluding carboxylic acids is 1. The minimum absolute atomic E-state index is 0.172. The molecule has 0 heterocycles. The highest BCUT2D eigenvalue weighted by Crippen LogP contribution is 2.18. The van der Waals surface area contributed by atoms with Gasteiger partial charge in [0, 0.05) is 6.04 Å². The third kappa shape index (κ3) is 3.32. The predicted molar refractivity (Wildman–Crippen MR) is 70.0 cm³/mol. The molecule has 2 heteroatoms. The summed E-state index contributed by atoms with van der Waals surface area (Å²) in [5.41, 5.74) is 3.58. The molecule has 2 rings (SSSR count). The minimum Gasteiger partial charge on any atom is -0.353 e. The number of hydrogen-bond acceptors (Lipinski definition) is 1. The molecule has 1 N–H and O–H groups in total. The molecule has 1 saturated carbocycles. The fourth-order valence-electron chi connectivity index (χ4n) is 2.51. The lowest BCUT2D eigenvalue weighted by atomic mass is 10.0. The second kappa shape index (κ2) is 5.35. The molecule has 0 bridgehead atoms. The Morgan fingerprint density at radius 3 is 2.71 bits per heavy atom. The SMILES string of the molecule is Cc1ccc(C)c(CC(=O)NC2CCCC2)c1. The van der Waals surface area contributed by atoms with Crippen LogP contribution in [-0.2, 0) is 11.2 Å². The molecule has 1 amide bonds. The third-order valence-corrected chi connectivity index (χ3v) is 3.58. The van der Waals surface area contributed by atoms with E-state index in [1.165, 1.54) is 24.0 Å². The summed E-state index contributed by atoms with van der Waals surface area (Å²) in [4.78, 5) is 11.9. The van der Waals surface area contributed by atoms with E-state index in [0.717, 1.165) is 18.4 Å². The molecule has 1 aliphatic carbocycles. The molecule has 0 unspecified atom stereocenters. The second-order valence-electron chi connectivity index (χ2n) is 5.16. The molecule has 1 aromatic carbocycles. The number of benzene rings is 1. The zero-order valence-electron chi connectivity index (χ0n) is 10.8. The van der Waals surface area contributed by atoms with E-state index < -0.39 is 0 Å². The molecule has 17 heavy (non-hydrogen) atoms. The lowest BCUT2D eigenvalue weighted by molar-refractivity contribution is -0.121. The summed E-state index contributed by atoms with van der Waals surface area (Å²) in [7, 11) is 0. The third-order valence-electron chi connectivity index (χ3n) is 3.58. The summed E-state index contributed by atoms with van der Waals surface area (Å²) < 4.78 is 0. The Bertz CT molecular complexity index is 405. The molecule has 0 radical (unpaired) electrons. The van der Waals surface area contributed by atoms with E-state index in [1.807, 2.05) is 0 Å². The van der Waals surface area contributed by atoms with Crippen molar-refractivity contribution < 1.29 is 4.79 Å². The van der Waals surface area contributed by atoms with E-state index in [1.54, 1.807) is 0 Å². The van der Waals surface area contributed by atoms with Gasteiger partial charge in [0.25, 0.3) is 0 Å². The fraction of sp³-hybridized carbons (Fsp3) is 0.533. The Morgan fingerprint density at radius 2 is 2.00 bits per heavy atom. The number of carbonyl (C=O) groups is 1. The van der Waals surface area contributed by atoms with Gasteiger partial charge >= 0.3 is 0 Å². The van der Waals surface area contributed by atoms with Crippen molar-refractivity contribution in [2.24, 2.45) is 0 Å². The van der Waals surface area contributed by atoms with Crippen molar-refractivity contribution >= 4 is 5.91 Å².